The van der Waals surface area contributed by atoms with Crippen molar-refractivity contribution in [2.75, 3.05) is 43.5 Å². The molecule has 0 radical (unpaired) electrons. The Morgan fingerprint density at radius 1 is 1.10 bits per heavy atom. The summed E-state index contributed by atoms with van der Waals surface area (Å²) in [5, 5.41) is 11.8. The summed E-state index contributed by atoms with van der Waals surface area (Å²) in [7, 11) is 0. The lowest BCUT2D eigenvalue weighted by atomic mass is 9.94. The number of aryl methyl sites for hydroxylation is 1. The van der Waals surface area contributed by atoms with Gasteiger partial charge in [-0.05, 0) is 73.3 Å². The van der Waals surface area contributed by atoms with Gasteiger partial charge >= 0.3 is 6.01 Å². The average molecular weight is 678 g/mol. The number of nitrogens with zero attached hydrogens (tertiary/aromatic N) is 6. The molecule has 0 amide bonds. The van der Waals surface area contributed by atoms with Gasteiger partial charge in [-0.3, -0.25) is 4.90 Å². The van der Waals surface area contributed by atoms with E-state index in [0.29, 0.717) is 53.6 Å². The van der Waals surface area contributed by atoms with Gasteiger partial charge in [0.1, 0.15) is 53.0 Å². The third-order valence-electron chi connectivity index (χ3n) is 9.38. The Morgan fingerprint density at radius 2 is 1.94 bits per heavy atom. The SMILES string of the molecule is CCc1c(F)ccc2cc(O)cc(-c3nc4c5c(nc(OC[C@@H]6CCCN6CC(F)F)nc5c3F)N(C(C)c3cccnc3N)CCO4)c12. The van der Waals surface area contributed by atoms with Gasteiger partial charge in [-0.1, -0.05) is 19.1 Å². The number of nitrogen functional groups attached to an aromatic ring is 1. The molecule has 2 atom stereocenters. The van der Waals surface area contributed by atoms with Crippen LogP contribution in [0.3, 0.4) is 0 Å². The van der Waals surface area contributed by atoms with Crippen molar-refractivity contribution in [3.63, 3.8) is 0 Å². The number of phenols is 1. The van der Waals surface area contributed by atoms with E-state index in [9.17, 15) is 13.9 Å². The van der Waals surface area contributed by atoms with E-state index in [4.69, 9.17) is 20.2 Å². The highest BCUT2D eigenvalue weighted by molar-refractivity contribution is 6.03. The molecule has 3 aromatic heterocycles. The lowest BCUT2D eigenvalue weighted by Crippen LogP contribution is -2.37. The Morgan fingerprint density at radius 3 is 2.71 bits per heavy atom. The number of anilines is 2. The summed E-state index contributed by atoms with van der Waals surface area (Å²) in [6.07, 6.45) is 0.790. The molecule has 5 aromatic rings. The molecule has 7 rings (SSSR count). The van der Waals surface area contributed by atoms with Crippen LogP contribution in [0.4, 0.5) is 29.2 Å². The molecule has 0 aliphatic carbocycles. The van der Waals surface area contributed by atoms with Crippen LogP contribution in [0.25, 0.3) is 32.9 Å². The molecule has 0 bridgehead atoms. The zero-order valence-electron chi connectivity index (χ0n) is 27.0. The first-order valence-corrected chi connectivity index (χ1v) is 16.2. The van der Waals surface area contributed by atoms with Crippen molar-refractivity contribution in [3.05, 3.63) is 65.4 Å². The number of pyridine rings is 2. The van der Waals surface area contributed by atoms with Crippen molar-refractivity contribution in [1.82, 2.24) is 24.8 Å². The normalized spacial score (nSPS) is 17.1. The van der Waals surface area contributed by atoms with Gasteiger partial charge in [0.15, 0.2) is 5.82 Å². The van der Waals surface area contributed by atoms with E-state index >= 15 is 8.78 Å². The Balaban J connectivity index is 1.42. The molecule has 1 saturated heterocycles. The topological polar surface area (TPSA) is 123 Å². The molecule has 0 saturated carbocycles. The summed E-state index contributed by atoms with van der Waals surface area (Å²) in [5.41, 5.74) is 7.10. The van der Waals surface area contributed by atoms with E-state index in [-0.39, 0.29) is 71.4 Å². The van der Waals surface area contributed by atoms with Crippen molar-refractivity contribution < 1.29 is 32.1 Å². The van der Waals surface area contributed by atoms with Gasteiger partial charge in [-0.15, -0.1) is 0 Å². The van der Waals surface area contributed by atoms with E-state index in [2.05, 4.69) is 15.0 Å². The van der Waals surface area contributed by atoms with E-state index in [1.807, 2.05) is 17.9 Å². The molecule has 10 nitrogen and oxygen atoms in total. The second-order valence-corrected chi connectivity index (χ2v) is 12.3. The molecule has 256 valence electrons. The molecule has 2 aromatic carbocycles. The number of nitrogens with two attached hydrogens (primary N) is 1. The van der Waals surface area contributed by atoms with E-state index in [1.165, 1.54) is 24.3 Å². The fraction of sp³-hybridized carbons (Fsp3) is 0.371. The maximum atomic E-state index is 17.1. The van der Waals surface area contributed by atoms with Crippen LogP contribution in [-0.4, -0.2) is 75.3 Å². The first kappa shape index (κ1) is 32.6. The standard InChI is InChI=1S/C35H35F4N7O3/c1-3-22-25(36)9-8-19-14-21(47)15-24(27(19)22)30-29(39)31-28-33(44-35(43-31)49-17-20-6-5-11-45(20)16-26(37)38)46(12-13-48-34(28)42-30)18(2)23-7-4-10-41-32(23)40/h4,7-10,14-15,18,20,26,47H,3,5-6,11-13,16-17H2,1-2H3,(H2,40,41)/t18?,20-/m0/s1. The number of likely N-dealkylation sites (tertiary alicyclic amines) is 1. The van der Waals surface area contributed by atoms with E-state index in [1.54, 1.807) is 24.1 Å². The van der Waals surface area contributed by atoms with Crippen molar-refractivity contribution in [2.24, 2.45) is 0 Å². The minimum atomic E-state index is -2.49. The molecule has 2 aliphatic rings. The van der Waals surface area contributed by atoms with Crippen LogP contribution in [0, 0.1) is 11.6 Å². The molecule has 5 heterocycles. The lowest BCUT2D eigenvalue weighted by Gasteiger charge is -2.30. The highest BCUT2D eigenvalue weighted by atomic mass is 19.3. The summed E-state index contributed by atoms with van der Waals surface area (Å²) < 4.78 is 70.9. The third-order valence-corrected chi connectivity index (χ3v) is 9.38. The number of benzene rings is 2. The van der Waals surface area contributed by atoms with E-state index in [0.717, 1.165) is 6.42 Å². The number of alkyl halides is 2. The Bertz CT molecular complexity index is 2050. The van der Waals surface area contributed by atoms with Crippen LogP contribution in [0.15, 0.2) is 42.6 Å². The molecule has 2 aliphatic heterocycles. The Labute approximate surface area is 279 Å². The highest BCUT2D eigenvalue weighted by Gasteiger charge is 2.33. The largest absolute Gasteiger partial charge is 0.508 e. The molecule has 1 unspecified atom stereocenters. The highest BCUT2D eigenvalue weighted by Crippen LogP contribution is 2.44. The Hall–Kier alpha value is -4.98. The van der Waals surface area contributed by atoms with Crippen LogP contribution >= 0.6 is 0 Å². The molecule has 1 fully saturated rings. The van der Waals surface area contributed by atoms with Crippen LogP contribution in [-0.2, 0) is 6.42 Å². The van der Waals surface area contributed by atoms with Crippen molar-refractivity contribution in [2.45, 2.75) is 51.6 Å². The molecular formula is C35H35F4N7O3. The first-order valence-electron chi connectivity index (χ1n) is 16.2. The minimum Gasteiger partial charge on any atom is -0.508 e. The fourth-order valence-corrected chi connectivity index (χ4v) is 7.04. The number of fused-ring (bicyclic) bond motifs is 1. The Kier molecular flexibility index (Phi) is 8.73. The van der Waals surface area contributed by atoms with Crippen LogP contribution in [0.2, 0.25) is 0 Å². The fourth-order valence-electron chi connectivity index (χ4n) is 7.04. The van der Waals surface area contributed by atoms with Gasteiger partial charge in [0.2, 0.25) is 5.88 Å². The second-order valence-electron chi connectivity index (χ2n) is 12.3. The molecule has 3 N–H and O–H groups in total. The molecule has 0 spiro atoms. The number of rotatable bonds is 9. The van der Waals surface area contributed by atoms with Gasteiger partial charge in [-0.25, -0.2) is 27.5 Å². The summed E-state index contributed by atoms with van der Waals surface area (Å²) >= 11 is 0. The third kappa shape index (κ3) is 5.98. The van der Waals surface area contributed by atoms with Crippen molar-refractivity contribution in [3.8, 4) is 28.9 Å². The van der Waals surface area contributed by atoms with Gasteiger partial charge in [-0.2, -0.15) is 9.97 Å². The van der Waals surface area contributed by atoms with Crippen molar-refractivity contribution >= 4 is 33.3 Å². The summed E-state index contributed by atoms with van der Waals surface area (Å²) in [6, 6.07) is 8.41. The number of halogens is 4. The van der Waals surface area contributed by atoms with Crippen LogP contribution in [0.5, 0.6) is 17.6 Å². The van der Waals surface area contributed by atoms with Gasteiger partial charge in [0.05, 0.1) is 19.1 Å². The summed E-state index contributed by atoms with van der Waals surface area (Å²) in [4.78, 5) is 21.6. The number of aromatic nitrogens is 4. The quantitative estimate of drug-likeness (QED) is 0.169. The number of ether oxygens (including phenoxy) is 2. The predicted molar refractivity (Wildman–Crippen MR) is 177 cm³/mol. The smallest absolute Gasteiger partial charge is 0.319 e. The van der Waals surface area contributed by atoms with Crippen LogP contribution in [0.1, 0.15) is 43.9 Å². The maximum Gasteiger partial charge on any atom is 0.319 e. The number of phenolic OH excluding ortho intramolecular Hbond substituents is 1. The summed E-state index contributed by atoms with van der Waals surface area (Å²) in [6.45, 7) is 4.27. The first-order chi connectivity index (χ1) is 23.6. The minimum absolute atomic E-state index is 0.0159. The molecule has 49 heavy (non-hydrogen) atoms. The number of hydrogen-bond acceptors (Lipinski definition) is 10. The zero-order chi connectivity index (χ0) is 34.4. The monoisotopic (exact) mass is 677 g/mol. The average Bonchev–Trinajstić information content (AvgIpc) is 3.43. The number of aromatic hydroxyl groups is 1. The zero-order valence-corrected chi connectivity index (χ0v) is 27.0. The van der Waals surface area contributed by atoms with Crippen LogP contribution < -0.4 is 20.1 Å². The lowest BCUT2D eigenvalue weighted by molar-refractivity contribution is 0.0684. The van der Waals surface area contributed by atoms with Gasteiger partial charge in [0.25, 0.3) is 6.43 Å². The van der Waals surface area contributed by atoms with Gasteiger partial charge < -0.3 is 25.2 Å². The van der Waals surface area contributed by atoms with Crippen molar-refractivity contribution in [1.29, 1.82) is 0 Å². The van der Waals surface area contributed by atoms with Gasteiger partial charge in [0, 0.05) is 23.4 Å². The maximum absolute atomic E-state index is 17.1. The summed E-state index contributed by atoms with van der Waals surface area (Å²) in [5.74, 6) is -0.841. The number of hydrogen-bond donors (Lipinski definition) is 2. The predicted octanol–water partition coefficient (Wildman–Crippen LogP) is 6.44. The molecular weight excluding hydrogens is 642 g/mol. The second kappa shape index (κ2) is 13.1. The van der Waals surface area contributed by atoms with E-state index < -0.39 is 24.1 Å². The molecule has 14 heteroatoms.